The number of benzene rings is 1. The maximum Gasteiger partial charge on any atom is 0.511 e. The lowest BCUT2D eigenvalue weighted by atomic mass is 9.41. The van der Waals surface area contributed by atoms with Gasteiger partial charge in [-0.25, -0.2) is 13.4 Å². The van der Waals surface area contributed by atoms with Crippen molar-refractivity contribution in [2.75, 3.05) is 18.6 Å². The molecule has 1 unspecified atom stereocenters. The molecule has 14 heteroatoms. The summed E-state index contributed by atoms with van der Waals surface area (Å²) in [4.78, 5) is 8.58. The van der Waals surface area contributed by atoms with E-state index in [1.807, 2.05) is 0 Å². The Labute approximate surface area is 197 Å². The lowest BCUT2D eigenvalue weighted by Crippen LogP contribution is -2.66. The second-order valence-corrected chi connectivity index (χ2v) is 11.4. The molecule has 0 saturated heterocycles. The number of anilines is 1. The normalized spacial score (nSPS) is 27.0. The summed E-state index contributed by atoms with van der Waals surface area (Å²) >= 11 is 0. The number of nitrogens with zero attached hydrogens (tertiary/aromatic N) is 3. The van der Waals surface area contributed by atoms with Gasteiger partial charge in [-0.2, -0.15) is 30.6 Å². The van der Waals surface area contributed by atoms with E-state index in [-0.39, 0.29) is 22.1 Å². The van der Waals surface area contributed by atoms with Gasteiger partial charge in [0.1, 0.15) is 5.75 Å². The molecule has 2 bridgehead atoms. The summed E-state index contributed by atoms with van der Waals surface area (Å²) in [7, 11) is -4.85. The van der Waals surface area contributed by atoms with E-state index in [0.29, 0.717) is 11.6 Å². The van der Waals surface area contributed by atoms with Gasteiger partial charge in [-0.3, -0.25) is 0 Å². The standard InChI is InChI=1S/C21H22F6N4O3S/c1-34-18-14-9-30(35(32,33)21(25,26)27)10-17(19-4-12(5-19)6-19)31(8-13-7-28-11-29-13)16(14)3-2-15(18)20(22,23)24/h2-3,7,11-12,17H,4-6,8-10H2,1H3,(H,28,29). The Hall–Kier alpha value is -2.48. The minimum absolute atomic E-state index is 0.0957. The van der Waals surface area contributed by atoms with Crippen molar-refractivity contribution >= 4 is 15.7 Å². The Bertz CT molecular complexity index is 1210. The molecule has 1 aromatic heterocycles. The molecule has 3 fully saturated rings. The third-order valence-electron chi connectivity index (χ3n) is 7.46. The zero-order chi connectivity index (χ0) is 25.4. The zero-order valence-corrected chi connectivity index (χ0v) is 19.3. The second-order valence-electron chi connectivity index (χ2n) is 9.45. The molecule has 0 spiro atoms. The Balaban J connectivity index is 1.72. The van der Waals surface area contributed by atoms with Gasteiger partial charge in [-0.15, -0.1) is 0 Å². The van der Waals surface area contributed by atoms with E-state index in [0.717, 1.165) is 32.4 Å². The van der Waals surface area contributed by atoms with Crippen molar-refractivity contribution in [1.82, 2.24) is 14.3 Å². The van der Waals surface area contributed by atoms with Gasteiger partial charge in [0.05, 0.1) is 31.2 Å². The summed E-state index contributed by atoms with van der Waals surface area (Å²) in [6.07, 6.45) is 0.243. The molecule has 3 aliphatic carbocycles. The number of ether oxygens (including phenoxy) is 1. The van der Waals surface area contributed by atoms with Crippen LogP contribution in [0.3, 0.4) is 0 Å². The maximum atomic E-state index is 13.7. The van der Waals surface area contributed by atoms with Gasteiger partial charge >= 0.3 is 21.7 Å². The maximum absolute atomic E-state index is 13.7. The number of aromatic amines is 1. The van der Waals surface area contributed by atoms with Crippen LogP contribution in [0.1, 0.15) is 36.1 Å². The van der Waals surface area contributed by atoms with Crippen LogP contribution in [0.2, 0.25) is 0 Å². The number of imidazole rings is 1. The molecule has 6 rings (SSSR count). The lowest BCUT2D eigenvalue weighted by Gasteiger charge is -2.67. The monoisotopic (exact) mass is 524 g/mol. The predicted octanol–water partition coefficient (Wildman–Crippen LogP) is 4.28. The van der Waals surface area contributed by atoms with Crippen LogP contribution in [-0.2, 0) is 29.3 Å². The number of rotatable bonds is 5. The molecule has 35 heavy (non-hydrogen) atoms. The molecule has 1 aliphatic heterocycles. The molecule has 192 valence electrons. The number of hydrogen-bond acceptors (Lipinski definition) is 5. The zero-order valence-electron chi connectivity index (χ0n) is 18.4. The number of methoxy groups -OCH3 is 1. The van der Waals surface area contributed by atoms with E-state index < -0.39 is 57.6 Å². The number of alkyl halides is 6. The van der Waals surface area contributed by atoms with E-state index in [4.69, 9.17) is 4.74 Å². The average molecular weight is 524 g/mol. The first-order valence-corrected chi connectivity index (χ1v) is 12.3. The largest absolute Gasteiger partial charge is 0.511 e. The first kappa shape index (κ1) is 24.2. The quantitative estimate of drug-likeness (QED) is 0.591. The molecule has 0 amide bonds. The Morgan fingerprint density at radius 1 is 1.17 bits per heavy atom. The van der Waals surface area contributed by atoms with Crippen LogP contribution in [0.25, 0.3) is 0 Å². The first-order valence-electron chi connectivity index (χ1n) is 10.8. The van der Waals surface area contributed by atoms with Crippen molar-refractivity contribution in [3.8, 4) is 5.75 Å². The molecule has 4 aliphatic rings. The molecule has 2 heterocycles. The van der Waals surface area contributed by atoms with E-state index in [2.05, 4.69) is 9.97 Å². The fraction of sp³-hybridized carbons (Fsp3) is 0.571. The van der Waals surface area contributed by atoms with Crippen molar-refractivity contribution in [3.05, 3.63) is 41.5 Å². The fourth-order valence-corrected chi connectivity index (χ4v) is 6.68. The van der Waals surface area contributed by atoms with Crippen molar-refractivity contribution in [1.29, 1.82) is 0 Å². The smallest absolute Gasteiger partial charge is 0.496 e. The van der Waals surface area contributed by atoms with Gasteiger partial charge in [0.25, 0.3) is 0 Å². The van der Waals surface area contributed by atoms with E-state index >= 15 is 0 Å². The van der Waals surface area contributed by atoms with Gasteiger partial charge in [0.15, 0.2) is 0 Å². The number of aromatic nitrogens is 2. The highest BCUT2D eigenvalue weighted by Gasteiger charge is 2.64. The summed E-state index contributed by atoms with van der Waals surface area (Å²) in [6.45, 7) is -1.32. The van der Waals surface area contributed by atoms with Crippen LogP contribution >= 0.6 is 0 Å². The van der Waals surface area contributed by atoms with Gasteiger partial charge < -0.3 is 14.6 Å². The minimum Gasteiger partial charge on any atom is -0.496 e. The molecule has 1 atom stereocenters. The molecular formula is C21H22F6N4O3S. The molecule has 1 N–H and O–H groups in total. The average Bonchev–Trinajstić information content (AvgIpc) is 3.14. The van der Waals surface area contributed by atoms with E-state index in [1.54, 1.807) is 4.90 Å². The number of halogens is 6. The Kier molecular flexibility index (Phi) is 5.37. The van der Waals surface area contributed by atoms with Crippen LogP contribution in [0.4, 0.5) is 32.0 Å². The van der Waals surface area contributed by atoms with Crippen LogP contribution < -0.4 is 9.64 Å². The predicted molar refractivity (Wildman–Crippen MR) is 112 cm³/mol. The van der Waals surface area contributed by atoms with Gasteiger partial charge in [0, 0.05) is 36.6 Å². The molecule has 1 aromatic carbocycles. The minimum atomic E-state index is -5.83. The van der Waals surface area contributed by atoms with Crippen LogP contribution in [0.5, 0.6) is 5.75 Å². The molecular weight excluding hydrogens is 502 g/mol. The molecule has 0 radical (unpaired) electrons. The van der Waals surface area contributed by atoms with Crippen LogP contribution in [0, 0.1) is 11.3 Å². The molecule has 2 aromatic rings. The van der Waals surface area contributed by atoms with Crippen molar-refractivity contribution in [3.63, 3.8) is 0 Å². The summed E-state index contributed by atoms with van der Waals surface area (Å²) < 4.78 is 113. The summed E-state index contributed by atoms with van der Waals surface area (Å²) in [5.74, 6) is -0.258. The fourth-order valence-electron chi connectivity index (χ4n) is 5.75. The highest BCUT2D eigenvalue weighted by atomic mass is 32.2. The summed E-state index contributed by atoms with van der Waals surface area (Å²) in [5, 5.41) is 0. The number of sulfonamides is 1. The highest BCUT2D eigenvalue weighted by Crippen LogP contribution is 2.68. The Morgan fingerprint density at radius 2 is 1.86 bits per heavy atom. The van der Waals surface area contributed by atoms with Gasteiger partial charge in [-0.05, 0) is 42.7 Å². The van der Waals surface area contributed by atoms with E-state index in [1.165, 1.54) is 18.6 Å². The van der Waals surface area contributed by atoms with Crippen molar-refractivity contribution < 1.29 is 39.5 Å². The number of fused-ring (bicyclic) bond motifs is 1. The third kappa shape index (κ3) is 3.76. The van der Waals surface area contributed by atoms with Crippen LogP contribution in [-0.4, -0.2) is 47.9 Å². The summed E-state index contributed by atoms with van der Waals surface area (Å²) in [5.41, 5.74) is -6.68. The molecule has 3 saturated carbocycles. The number of H-pyrrole nitrogens is 1. The second kappa shape index (κ2) is 7.76. The number of hydrogen-bond donors (Lipinski definition) is 1. The topological polar surface area (TPSA) is 78.5 Å². The van der Waals surface area contributed by atoms with Gasteiger partial charge in [0.2, 0.25) is 0 Å². The SMILES string of the molecule is COc1c(C(F)(F)F)ccc2c1CN(S(=O)(=O)C(F)(F)F)CC(C13CC(C1)C3)N2Cc1cnc[nH]1. The lowest BCUT2D eigenvalue weighted by molar-refractivity contribution is -0.138. The van der Waals surface area contributed by atoms with E-state index in [9.17, 15) is 34.8 Å². The van der Waals surface area contributed by atoms with Crippen molar-refractivity contribution in [2.45, 2.75) is 50.1 Å². The van der Waals surface area contributed by atoms with Gasteiger partial charge in [-0.1, -0.05) is 0 Å². The Morgan fingerprint density at radius 3 is 2.34 bits per heavy atom. The molecule has 7 nitrogen and oxygen atoms in total. The summed E-state index contributed by atoms with van der Waals surface area (Å²) in [6, 6.07) is 1.33. The third-order valence-corrected chi connectivity index (χ3v) is 9.01. The van der Waals surface area contributed by atoms with Crippen molar-refractivity contribution in [2.24, 2.45) is 11.3 Å². The first-order chi connectivity index (χ1) is 16.3. The number of nitrogens with one attached hydrogen (secondary N) is 1. The van der Waals surface area contributed by atoms with Crippen LogP contribution in [0.15, 0.2) is 24.7 Å². The highest BCUT2D eigenvalue weighted by molar-refractivity contribution is 7.89.